The van der Waals surface area contributed by atoms with Crippen molar-refractivity contribution in [3.8, 4) is 0 Å². The van der Waals surface area contributed by atoms with E-state index in [4.69, 9.17) is 23.2 Å². The van der Waals surface area contributed by atoms with Crippen LogP contribution in [-0.2, 0) is 0 Å². The molecule has 0 N–H and O–H groups in total. The first-order valence-electron chi connectivity index (χ1n) is 2.99. The topological polar surface area (TPSA) is 25.8 Å². The lowest BCUT2D eigenvalue weighted by molar-refractivity contribution is 1.06. The smallest absolute Gasteiger partial charge is 0.147 e. The quantitative estimate of drug-likeness (QED) is 0.564. The summed E-state index contributed by atoms with van der Waals surface area (Å²) in [7, 11) is 0. The van der Waals surface area contributed by atoms with Gasteiger partial charge in [0.05, 0.1) is 12.4 Å². The van der Waals surface area contributed by atoms with Crippen LogP contribution >= 0.6 is 35.0 Å². The van der Waals surface area contributed by atoms with Gasteiger partial charge in [0.25, 0.3) is 0 Å². The second kappa shape index (κ2) is 4.80. The van der Waals surface area contributed by atoms with Gasteiger partial charge in [-0.1, -0.05) is 11.6 Å². The SMILES string of the molecule is ClCCSc1cnc(Cl)cn1. The van der Waals surface area contributed by atoms with Crippen LogP contribution in [0.4, 0.5) is 0 Å². The molecule has 11 heavy (non-hydrogen) atoms. The first kappa shape index (κ1) is 9.10. The maximum Gasteiger partial charge on any atom is 0.147 e. The fourth-order valence-electron chi connectivity index (χ4n) is 0.518. The highest BCUT2D eigenvalue weighted by Gasteiger charge is 1.94. The third kappa shape index (κ3) is 3.27. The first-order chi connectivity index (χ1) is 5.33. The summed E-state index contributed by atoms with van der Waals surface area (Å²) >= 11 is 12.6. The van der Waals surface area contributed by atoms with E-state index in [1.54, 1.807) is 18.0 Å². The van der Waals surface area contributed by atoms with Gasteiger partial charge in [0.1, 0.15) is 10.2 Å². The molecule has 0 fully saturated rings. The normalized spacial score (nSPS) is 10.0. The van der Waals surface area contributed by atoms with Crippen LogP contribution in [0.15, 0.2) is 17.4 Å². The Bertz CT molecular complexity index is 214. The molecule has 0 aliphatic carbocycles. The lowest BCUT2D eigenvalue weighted by atomic mass is 10.8. The Morgan fingerprint density at radius 2 is 2.18 bits per heavy atom. The first-order valence-corrected chi connectivity index (χ1v) is 4.89. The molecule has 0 unspecified atom stereocenters. The summed E-state index contributed by atoms with van der Waals surface area (Å²) in [4.78, 5) is 7.90. The van der Waals surface area contributed by atoms with Crippen LogP contribution in [0.3, 0.4) is 0 Å². The van der Waals surface area contributed by atoms with Crippen LogP contribution in [0.5, 0.6) is 0 Å². The van der Waals surface area contributed by atoms with Crippen LogP contribution < -0.4 is 0 Å². The molecule has 2 nitrogen and oxygen atoms in total. The van der Waals surface area contributed by atoms with Gasteiger partial charge in [-0.3, -0.25) is 0 Å². The van der Waals surface area contributed by atoms with E-state index < -0.39 is 0 Å². The van der Waals surface area contributed by atoms with Gasteiger partial charge in [-0.2, -0.15) is 0 Å². The van der Waals surface area contributed by atoms with Gasteiger partial charge in [0.2, 0.25) is 0 Å². The molecule has 1 aromatic rings. The standard InChI is InChI=1S/C6H6Cl2N2S/c7-1-2-11-6-4-9-5(8)3-10-6/h3-4H,1-2H2. The number of nitrogens with zero attached hydrogens (tertiary/aromatic N) is 2. The highest BCUT2D eigenvalue weighted by atomic mass is 35.5. The monoisotopic (exact) mass is 208 g/mol. The zero-order chi connectivity index (χ0) is 8.10. The van der Waals surface area contributed by atoms with Gasteiger partial charge < -0.3 is 0 Å². The van der Waals surface area contributed by atoms with Crippen molar-refractivity contribution in [1.29, 1.82) is 0 Å². The number of hydrogen-bond acceptors (Lipinski definition) is 3. The Balaban J connectivity index is 2.52. The number of halogens is 2. The lowest BCUT2D eigenvalue weighted by Gasteiger charge is -1.95. The third-order valence-corrected chi connectivity index (χ3v) is 2.45. The van der Waals surface area contributed by atoms with Crippen molar-refractivity contribution in [2.75, 3.05) is 11.6 Å². The summed E-state index contributed by atoms with van der Waals surface area (Å²) in [6.45, 7) is 0. The molecule has 0 spiro atoms. The average molecular weight is 209 g/mol. The highest BCUT2D eigenvalue weighted by molar-refractivity contribution is 7.99. The molecule has 1 aromatic heterocycles. The van der Waals surface area contributed by atoms with Crippen molar-refractivity contribution < 1.29 is 0 Å². The van der Waals surface area contributed by atoms with E-state index in [-0.39, 0.29) is 0 Å². The van der Waals surface area contributed by atoms with E-state index in [1.165, 1.54) is 6.20 Å². The van der Waals surface area contributed by atoms with Crippen molar-refractivity contribution in [3.63, 3.8) is 0 Å². The predicted molar refractivity (Wildman–Crippen MR) is 48.5 cm³/mol. The van der Waals surface area contributed by atoms with Crippen LogP contribution in [0, 0.1) is 0 Å². The fraction of sp³-hybridized carbons (Fsp3) is 0.333. The predicted octanol–water partition coefficient (Wildman–Crippen LogP) is 2.46. The average Bonchev–Trinajstić information content (AvgIpc) is 2.04. The second-order valence-electron chi connectivity index (χ2n) is 1.71. The molecule has 1 heterocycles. The minimum Gasteiger partial charge on any atom is -0.245 e. The number of thioether (sulfide) groups is 1. The highest BCUT2D eigenvalue weighted by Crippen LogP contribution is 2.14. The molecule has 0 bridgehead atoms. The summed E-state index contributed by atoms with van der Waals surface area (Å²) in [6, 6.07) is 0. The van der Waals surface area contributed by atoms with Crippen LogP contribution in [0.1, 0.15) is 0 Å². The largest absolute Gasteiger partial charge is 0.245 e. The van der Waals surface area contributed by atoms with Crippen molar-refractivity contribution in [2.45, 2.75) is 5.03 Å². The number of alkyl halides is 1. The molecule has 0 aromatic carbocycles. The van der Waals surface area contributed by atoms with Gasteiger partial charge in [-0.15, -0.1) is 23.4 Å². The van der Waals surface area contributed by atoms with Crippen molar-refractivity contribution in [3.05, 3.63) is 17.5 Å². The molecule has 0 aliphatic heterocycles. The van der Waals surface area contributed by atoms with Gasteiger partial charge >= 0.3 is 0 Å². The number of hydrogen-bond donors (Lipinski definition) is 0. The lowest BCUT2D eigenvalue weighted by Crippen LogP contribution is -1.85. The van der Waals surface area contributed by atoms with E-state index in [1.807, 2.05) is 0 Å². The Labute approximate surface area is 79.3 Å². The zero-order valence-electron chi connectivity index (χ0n) is 5.63. The van der Waals surface area contributed by atoms with Crippen LogP contribution in [0.25, 0.3) is 0 Å². The fourth-order valence-corrected chi connectivity index (χ4v) is 1.39. The molecule has 0 aliphatic rings. The number of aromatic nitrogens is 2. The van der Waals surface area contributed by atoms with Crippen molar-refractivity contribution in [1.82, 2.24) is 9.97 Å². The Morgan fingerprint density at radius 1 is 1.36 bits per heavy atom. The summed E-state index contributed by atoms with van der Waals surface area (Å²) in [5, 5.41) is 1.27. The Kier molecular flexibility index (Phi) is 3.97. The summed E-state index contributed by atoms with van der Waals surface area (Å²) < 4.78 is 0. The molecule has 0 atom stereocenters. The summed E-state index contributed by atoms with van der Waals surface area (Å²) in [6.07, 6.45) is 3.16. The molecule has 0 saturated carbocycles. The minimum absolute atomic E-state index is 0.417. The number of rotatable bonds is 3. The molecule has 1 rings (SSSR count). The molecule has 0 radical (unpaired) electrons. The molecular weight excluding hydrogens is 203 g/mol. The molecule has 0 saturated heterocycles. The molecule has 5 heteroatoms. The van der Waals surface area contributed by atoms with E-state index in [0.717, 1.165) is 10.8 Å². The van der Waals surface area contributed by atoms with Crippen LogP contribution in [-0.4, -0.2) is 21.6 Å². The molecule has 60 valence electrons. The van der Waals surface area contributed by atoms with Gasteiger partial charge in [0, 0.05) is 11.6 Å². The van der Waals surface area contributed by atoms with Gasteiger partial charge in [-0.25, -0.2) is 9.97 Å². The maximum atomic E-state index is 5.54. The van der Waals surface area contributed by atoms with Gasteiger partial charge in [0.15, 0.2) is 0 Å². The summed E-state index contributed by atoms with van der Waals surface area (Å²) in [5.74, 6) is 1.47. The van der Waals surface area contributed by atoms with Crippen molar-refractivity contribution >= 4 is 35.0 Å². The minimum atomic E-state index is 0.417. The Morgan fingerprint density at radius 3 is 2.73 bits per heavy atom. The summed E-state index contributed by atoms with van der Waals surface area (Å²) in [5.41, 5.74) is 0. The Hall–Kier alpha value is 0.01000. The maximum absolute atomic E-state index is 5.54. The van der Waals surface area contributed by atoms with Crippen LogP contribution in [0.2, 0.25) is 5.15 Å². The second-order valence-corrected chi connectivity index (χ2v) is 3.60. The van der Waals surface area contributed by atoms with Gasteiger partial charge in [-0.05, 0) is 0 Å². The molecular formula is C6H6Cl2N2S. The van der Waals surface area contributed by atoms with Crippen molar-refractivity contribution in [2.24, 2.45) is 0 Å². The van der Waals surface area contributed by atoms with E-state index in [0.29, 0.717) is 11.0 Å². The van der Waals surface area contributed by atoms with E-state index in [9.17, 15) is 0 Å². The van der Waals surface area contributed by atoms with E-state index >= 15 is 0 Å². The third-order valence-electron chi connectivity index (χ3n) is 0.924. The van der Waals surface area contributed by atoms with E-state index in [2.05, 4.69) is 9.97 Å². The zero-order valence-corrected chi connectivity index (χ0v) is 7.96. The molecule has 0 amide bonds.